The molecule has 0 aromatic heterocycles. The molecule has 0 unspecified atom stereocenters. The summed E-state index contributed by atoms with van der Waals surface area (Å²) in [7, 11) is 0. The minimum absolute atomic E-state index is 0. The molecular formula is C4FeO4+6. The summed E-state index contributed by atoms with van der Waals surface area (Å²) in [5.41, 5.74) is 0. The quantitative estimate of drug-likeness (QED) is 0.273. The average molecular weight is 168 g/mol. The first-order chi connectivity index (χ1) is 4.00. The second-order valence-electron chi connectivity index (χ2n) is 0. The minimum Gasteiger partial charge on any atom is 6.00 e. The molecule has 0 fully saturated rings. The fourth-order valence-corrected chi connectivity index (χ4v) is 0. The van der Waals surface area contributed by atoms with E-state index in [-0.39, 0.29) is 17.1 Å². The molecule has 0 spiro atoms. The summed E-state index contributed by atoms with van der Waals surface area (Å²) in [6.45, 7) is 18.0. The summed E-state index contributed by atoms with van der Waals surface area (Å²) in [5, 5.41) is 0. The summed E-state index contributed by atoms with van der Waals surface area (Å²) in [6, 6.07) is 0. The van der Waals surface area contributed by atoms with Gasteiger partial charge >= 0.3 is 62.3 Å². The molecule has 0 aliphatic carbocycles. The van der Waals surface area contributed by atoms with Gasteiger partial charge in [-0.3, -0.25) is 0 Å². The first-order valence-electron chi connectivity index (χ1n) is 0.816. The Balaban J connectivity index is -0.00000000762. The monoisotopic (exact) mass is 168 g/mol. The van der Waals surface area contributed by atoms with Gasteiger partial charge in [0.15, 0.2) is 0 Å². The van der Waals surface area contributed by atoms with Gasteiger partial charge in [0.05, 0.1) is 0 Å². The Labute approximate surface area is 63.0 Å². The van der Waals surface area contributed by atoms with Gasteiger partial charge in [-0.05, 0) is 0 Å². The van der Waals surface area contributed by atoms with E-state index in [2.05, 4.69) is 26.6 Å². The van der Waals surface area contributed by atoms with E-state index in [1.807, 2.05) is 0 Å². The average Bonchev–Trinajstić information content (AvgIpc) is 2.03. The van der Waals surface area contributed by atoms with Gasteiger partial charge in [0.2, 0.25) is 0 Å². The van der Waals surface area contributed by atoms with Gasteiger partial charge in [-0.2, -0.15) is 0 Å². The molecule has 42 valence electrons. The van der Waals surface area contributed by atoms with Crippen LogP contribution in [0.25, 0.3) is 0 Å². The van der Waals surface area contributed by atoms with E-state index in [0.29, 0.717) is 0 Å². The van der Waals surface area contributed by atoms with Crippen molar-refractivity contribution in [3.05, 3.63) is 26.6 Å². The van der Waals surface area contributed by atoms with E-state index in [0.717, 1.165) is 0 Å². The molecule has 9 heavy (non-hydrogen) atoms. The van der Waals surface area contributed by atoms with Crippen molar-refractivity contribution < 1.29 is 35.7 Å². The molecule has 0 aromatic carbocycles. The van der Waals surface area contributed by atoms with Crippen LogP contribution in [-0.2, 0) is 35.7 Å². The van der Waals surface area contributed by atoms with E-state index < -0.39 is 0 Å². The number of hydrogen-bond acceptors (Lipinski definition) is 0. The minimum atomic E-state index is 0. The second-order valence-corrected chi connectivity index (χ2v) is 0. The van der Waals surface area contributed by atoms with Gasteiger partial charge in [0.1, 0.15) is 0 Å². The van der Waals surface area contributed by atoms with Crippen molar-refractivity contribution in [1.82, 2.24) is 0 Å². The predicted molar refractivity (Wildman–Crippen MR) is 15.7 cm³/mol. The standard InChI is InChI=1S/4CO.Fe/c4*1-2;/q;;;;+6. The van der Waals surface area contributed by atoms with Gasteiger partial charge in [-0.1, -0.05) is 0 Å². The molecular weight excluding hydrogens is 168 g/mol. The van der Waals surface area contributed by atoms with Crippen molar-refractivity contribution in [2.24, 2.45) is 0 Å². The van der Waals surface area contributed by atoms with Crippen LogP contribution in [0.4, 0.5) is 0 Å². The van der Waals surface area contributed by atoms with Crippen LogP contribution in [0.15, 0.2) is 0 Å². The van der Waals surface area contributed by atoms with Gasteiger partial charge in [-0.15, -0.1) is 0 Å². The van der Waals surface area contributed by atoms with Gasteiger partial charge in [0.25, 0.3) is 0 Å². The Morgan fingerprint density at radius 2 is 0.444 bits per heavy atom. The molecule has 0 bridgehead atoms. The molecule has 0 aliphatic heterocycles. The van der Waals surface area contributed by atoms with Crippen LogP contribution in [0, 0.1) is 26.6 Å². The van der Waals surface area contributed by atoms with Crippen molar-refractivity contribution >= 4 is 0 Å². The molecule has 4 nitrogen and oxygen atoms in total. The van der Waals surface area contributed by atoms with Crippen molar-refractivity contribution in [3.8, 4) is 0 Å². The topological polar surface area (TPSA) is 79.6 Å². The summed E-state index contributed by atoms with van der Waals surface area (Å²) in [5.74, 6) is 0. The van der Waals surface area contributed by atoms with E-state index in [1.54, 1.807) is 0 Å². The molecule has 0 saturated carbocycles. The summed E-state index contributed by atoms with van der Waals surface area (Å²) in [4.78, 5) is 0. The summed E-state index contributed by atoms with van der Waals surface area (Å²) >= 11 is 0. The van der Waals surface area contributed by atoms with Crippen LogP contribution >= 0.6 is 0 Å². The van der Waals surface area contributed by atoms with Crippen molar-refractivity contribution in [3.63, 3.8) is 0 Å². The van der Waals surface area contributed by atoms with E-state index >= 15 is 0 Å². The Kier molecular flexibility index (Phi) is 5050. The molecule has 0 heterocycles. The Morgan fingerprint density at radius 1 is 0.444 bits per heavy atom. The van der Waals surface area contributed by atoms with Gasteiger partial charge in [-0.25, -0.2) is 0 Å². The molecule has 0 aliphatic rings. The van der Waals surface area contributed by atoms with Crippen molar-refractivity contribution in [1.29, 1.82) is 0 Å². The first-order valence-corrected chi connectivity index (χ1v) is 0.816. The molecule has 0 N–H and O–H groups in total. The summed E-state index contributed by atoms with van der Waals surface area (Å²) < 4.78 is 30.0. The van der Waals surface area contributed by atoms with Crippen LogP contribution in [0.3, 0.4) is 0 Å². The van der Waals surface area contributed by atoms with E-state index in [1.165, 1.54) is 0 Å². The van der Waals surface area contributed by atoms with Gasteiger partial charge < -0.3 is 0 Å². The zero-order valence-corrected chi connectivity index (χ0v) is 5.09. The third-order valence-corrected chi connectivity index (χ3v) is 0. The number of rotatable bonds is 0. The largest absolute Gasteiger partial charge is 6.00 e. The van der Waals surface area contributed by atoms with E-state index in [9.17, 15) is 0 Å². The second kappa shape index (κ2) is 1160. The molecule has 0 saturated heterocycles. The van der Waals surface area contributed by atoms with Crippen LogP contribution in [-0.4, -0.2) is 0 Å². The molecule has 0 rings (SSSR count). The first kappa shape index (κ1) is 39.2. The summed E-state index contributed by atoms with van der Waals surface area (Å²) in [6.07, 6.45) is 0. The molecule has 0 radical (unpaired) electrons. The van der Waals surface area contributed by atoms with Crippen molar-refractivity contribution in [2.75, 3.05) is 0 Å². The molecule has 0 amide bonds. The third kappa shape index (κ3) is 829. The predicted octanol–water partition coefficient (Wildman–Crippen LogP) is -0.153. The molecule has 0 atom stereocenters. The molecule has 0 aromatic rings. The van der Waals surface area contributed by atoms with Crippen LogP contribution in [0.1, 0.15) is 0 Å². The fraction of sp³-hybridized carbons (Fsp3) is 0. The zero-order valence-electron chi connectivity index (χ0n) is 3.99. The van der Waals surface area contributed by atoms with Crippen LogP contribution < -0.4 is 0 Å². The van der Waals surface area contributed by atoms with E-state index in [4.69, 9.17) is 18.6 Å². The number of hydrogen-bond donors (Lipinski definition) is 0. The maximum Gasteiger partial charge on any atom is 6.00 e. The fourth-order valence-electron chi connectivity index (χ4n) is 0. The van der Waals surface area contributed by atoms with Crippen LogP contribution in [0.5, 0.6) is 0 Å². The Bertz CT molecular complexity index is 55.5. The smallest absolute Gasteiger partial charge is 6.00 e. The molecule has 5 heteroatoms. The SMILES string of the molecule is [C-]#[O+].[C-]#[O+].[C-]#[O+].[C-]#[O+].[Fe+6]. The van der Waals surface area contributed by atoms with Crippen molar-refractivity contribution in [2.45, 2.75) is 0 Å². The normalized spacial score (nSPS) is 0.889. The Morgan fingerprint density at radius 3 is 0.444 bits per heavy atom. The third-order valence-electron chi connectivity index (χ3n) is 0. The van der Waals surface area contributed by atoms with Crippen LogP contribution in [0.2, 0.25) is 0 Å². The maximum atomic E-state index is 7.50. The van der Waals surface area contributed by atoms with Gasteiger partial charge in [0, 0.05) is 0 Å². The Hall–Kier alpha value is -0.521. The zero-order chi connectivity index (χ0) is 8.00. The maximum absolute atomic E-state index is 7.50.